The SMILES string of the molecule is OC(O)C1C=CC=C1. The number of rotatable bonds is 1. The normalized spacial score (nSPS) is 18.9. The quantitative estimate of drug-likeness (QED) is 0.470. The van der Waals surface area contributed by atoms with Crippen molar-refractivity contribution in [2.45, 2.75) is 6.29 Å². The van der Waals surface area contributed by atoms with Gasteiger partial charge in [-0.1, -0.05) is 24.3 Å². The van der Waals surface area contributed by atoms with Crippen molar-refractivity contribution < 1.29 is 10.2 Å². The molecule has 0 aromatic rings. The van der Waals surface area contributed by atoms with Crippen LogP contribution in [0.25, 0.3) is 0 Å². The van der Waals surface area contributed by atoms with Crippen LogP contribution in [0.1, 0.15) is 0 Å². The summed E-state index contributed by atoms with van der Waals surface area (Å²) in [7, 11) is 0. The lowest BCUT2D eigenvalue weighted by molar-refractivity contribution is -0.0573. The standard InChI is InChI=1S/C6H8O2/c7-6(8)5-3-1-2-4-5/h1-8H. The zero-order chi connectivity index (χ0) is 5.98. The van der Waals surface area contributed by atoms with Crippen LogP contribution in [0, 0.1) is 5.92 Å². The first-order chi connectivity index (χ1) is 3.80. The van der Waals surface area contributed by atoms with Gasteiger partial charge in [0.05, 0.1) is 0 Å². The Bertz CT molecular complexity index is 112. The molecule has 0 saturated carbocycles. The van der Waals surface area contributed by atoms with Crippen molar-refractivity contribution in [2.24, 2.45) is 5.92 Å². The predicted molar refractivity (Wildman–Crippen MR) is 30.0 cm³/mol. The summed E-state index contributed by atoms with van der Waals surface area (Å²) in [5, 5.41) is 17.0. The van der Waals surface area contributed by atoms with Crippen LogP contribution in [0.4, 0.5) is 0 Å². The molecule has 0 aromatic carbocycles. The van der Waals surface area contributed by atoms with E-state index in [9.17, 15) is 0 Å². The summed E-state index contributed by atoms with van der Waals surface area (Å²) in [6.07, 6.45) is 5.84. The fraction of sp³-hybridized carbons (Fsp3) is 0.333. The highest BCUT2D eigenvalue weighted by molar-refractivity contribution is 5.17. The fourth-order valence-corrected chi connectivity index (χ4v) is 0.648. The van der Waals surface area contributed by atoms with Crippen LogP contribution in [0.15, 0.2) is 24.3 Å². The minimum Gasteiger partial charge on any atom is -0.367 e. The maximum Gasteiger partial charge on any atom is 0.161 e. The fourth-order valence-electron chi connectivity index (χ4n) is 0.648. The Labute approximate surface area is 47.8 Å². The molecule has 1 aliphatic rings. The summed E-state index contributed by atoms with van der Waals surface area (Å²) in [4.78, 5) is 0. The Balaban J connectivity index is 2.49. The molecule has 0 bridgehead atoms. The smallest absolute Gasteiger partial charge is 0.161 e. The Morgan fingerprint density at radius 2 is 1.62 bits per heavy atom. The van der Waals surface area contributed by atoms with Crippen molar-refractivity contribution >= 4 is 0 Å². The van der Waals surface area contributed by atoms with Gasteiger partial charge in [0.2, 0.25) is 0 Å². The maximum absolute atomic E-state index is 8.51. The van der Waals surface area contributed by atoms with Gasteiger partial charge in [0, 0.05) is 5.92 Å². The van der Waals surface area contributed by atoms with Crippen molar-refractivity contribution in [1.82, 2.24) is 0 Å². The molecule has 1 aliphatic carbocycles. The van der Waals surface area contributed by atoms with Crippen LogP contribution >= 0.6 is 0 Å². The van der Waals surface area contributed by atoms with Gasteiger partial charge in [0.25, 0.3) is 0 Å². The molecule has 0 radical (unpaired) electrons. The molecule has 8 heavy (non-hydrogen) atoms. The molecule has 0 saturated heterocycles. The van der Waals surface area contributed by atoms with E-state index in [0.29, 0.717) is 0 Å². The first-order valence-corrected chi connectivity index (χ1v) is 2.52. The van der Waals surface area contributed by atoms with E-state index < -0.39 is 6.29 Å². The molecule has 2 N–H and O–H groups in total. The minimum absolute atomic E-state index is 0.185. The van der Waals surface area contributed by atoms with E-state index in [1.54, 1.807) is 24.3 Å². The van der Waals surface area contributed by atoms with Gasteiger partial charge in [0.1, 0.15) is 0 Å². The highest BCUT2D eigenvalue weighted by Gasteiger charge is 2.10. The summed E-state index contributed by atoms with van der Waals surface area (Å²) in [6.45, 7) is 0. The molecule has 2 nitrogen and oxygen atoms in total. The van der Waals surface area contributed by atoms with E-state index >= 15 is 0 Å². The average molecular weight is 112 g/mol. The first-order valence-electron chi connectivity index (χ1n) is 2.52. The lowest BCUT2D eigenvalue weighted by Crippen LogP contribution is -2.13. The number of aliphatic hydroxyl groups excluding tert-OH is 1. The molecular weight excluding hydrogens is 104 g/mol. The van der Waals surface area contributed by atoms with Crippen molar-refractivity contribution in [2.75, 3.05) is 0 Å². The summed E-state index contributed by atoms with van der Waals surface area (Å²) in [5.74, 6) is -0.185. The van der Waals surface area contributed by atoms with Crippen molar-refractivity contribution in [3.63, 3.8) is 0 Å². The van der Waals surface area contributed by atoms with Gasteiger partial charge < -0.3 is 10.2 Å². The van der Waals surface area contributed by atoms with Gasteiger partial charge in [-0.05, 0) is 0 Å². The molecule has 0 atom stereocenters. The van der Waals surface area contributed by atoms with Crippen LogP contribution in [0.2, 0.25) is 0 Å². The largest absolute Gasteiger partial charge is 0.367 e. The van der Waals surface area contributed by atoms with Crippen molar-refractivity contribution in [3.05, 3.63) is 24.3 Å². The third-order valence-electron chi connectivity index (χ3n) is 1.12. The molecule has 0 fully saturated rings. The third kappa shape index (κ3) is 0.967. The van der Waals surface area contributed by atoms with Crippen LogP contribution in [-0.2, 0) is 0 Å². The van der Waals surface area contributed by atoms with E-state index in [4.69, 9.17) is 10.2 Å². The number of hydrogen-bond donors (Lipinski definition) is 2. The van der Waals surface area contributed by atoms with Crippen LogP contribution < -0.4 is 0 Å². The van der Waals surface area contributed by atoms with Gasteiger partial charge >= 0.3 is 0 Å². The molecule has 2 heteroatoms. The molecular formula is C6H8O2. The van der Waals surface area contributed by atoms with Crippen molar-refractivity contribution in [1.29, 1.82) is 0 Å². The highest BCUT2D eigenvalue weighted by atomic mass is 16.5. The monoisotopic (exact) mass is 112 g/mol. The van der Waals surface area contributed by atoms with Crippen molar-refractivity contribution in [3.8, 4) is 0 Å². The number of aliphatic hydroxyl groups is 2. The molecule has 44 valence electrons. The van der Waals surface area contributed by atoms with Crippen LogP contribution in [0.3, 0.4) is 0 Å². The molecule has 0 unspecified atom stereocenters. The van der Waals surface area contributed by atoms with Gasteiger partial charge in [-0.15, -0.1) is 0 Å². The molecule has 0 aliphatic heterocycles. The van der Waals surface area contributed by atoms with Gasteiger partial charge in [0.15, 0.2) is 6.29 Å². The molecule has 0 spiro atoms. The zero-order valence-corrected chi connectivity index (χ0v) is 4.36. The summed E-state index contributed by atoms with van der Waals surface area (Å²) >= 11 is 0. The second-order valence-corrected chi connectivity index (χ2v) is 1.76. The van der Waals surface area contributed by atoms with Crippen LogP contribution in [-0.4, -0.2) is 16.5 Å². The predicted octanol–water partition coefficient (Wildman–Crippen LogP) is 0.0393. The summed E-state index contributed by atoms with van der Waals surface area (Å²) in [5.41, 5.74) is 0. The van der Waals surface area contributed by atoms with E-state index in [0.717, 1.165) is 0 Å². The Hall–Kier alpha value is -0.600. The summed E-state index contributed by atoms with van der Waals surface area (Å²) in [6, 6.07) is 0. The van der Waals surface area contributed by atoms with E-state index in [1.807, 2.05) is 0 Å². The second-order valence-electron chi connectivity index (χ2n) is 1.76. The molecule has 0 amide bonds. The zero-order valence-electron chi connectivity index (χ0n) is 4.36. The lowest BCUT2D eigenvalue weighted by atomic mass is 10.2. The second kappa shape index (κ2) is 2.11. The van der Waals surface area contributed by atoms with E-state index in [2.05, 4.69) is 0 Å². The minimum atomic E-state index is -1.23. The Morgan fingerprint density at radius 3 is 1.88 bits per heavy atom. The van der Waals surface area contributed by atoms with E-state index in [-0.39, 0.29) is 5.92 Å². The number of allylic oxidation sites excluding steroid dienone is 2. The number of hydrogen-bond acceptors (Lipinski definition) is 2. The average Bonchev–Trinajstić information content (AvgIpc) is 2.12. The van der Waals surface area contributed by atoms with Crippen LogP contribution in [0.5, 0.6) is 0 Å². The molecule has 1 rings (SSSR count). The van der Waals surface area contributed by atoms with Gasteiger partial charge in [-0.2, -0.15) is 0 Å². The van der Waals surface area contributed by atoms with Gasteiger partial charge in [-0.25, -0.2) is 0 Å². The third-order valence-corrected chi connectivity index (χ3v) is 1.12. The highest BCUT2D eigenvalue weighted by Crippen LogP contribution is 2.10. The summed E-state index contributed by atoms with van der Waals surface area (Å²) < 4.78 is 0. The van der Waals surface area contributed by atoms with E-state index in [1.165, 1.54) is 0 Å². The Kier molecular flexibility index (Phi) is 1.46. The lowest BCUT2D eigenvalue weighted by Gasteiger charge is -2.05. The first kappa shape index (κ1) is 5.54. The molecule has 0 heterocycles. The maximum atomic E-state index is 8.51. The van der Waals surface area contributed by atoms with Gasteiger partial charge in [-0.3, -0.25) is 0 Å². The Morgan fingerprint density at radius 1 is 1.12 bits per heavy atom. The molecule has 0 aromatic heterocycles. The topological polar surface area (TPSA) is 40.5 Å².